The predicted octanol–water partition coefficient (Wildman–Crippen LogP) is 2.56. The van der Waals surface area contributed by atoms with E-state index >= 15 is 0 Å². The van der Waals surface area contributed by atoms with Crippen LogP contribution in [-0.2, 0) is 16.1 Å². The summed E-state index contributed by atoms with van der Waals surface area (Å²) in [5.41, 5.74) is 0.720. The van der Waals surface area contributed by atoms with E-state index in [1.807, 2.05) is 0 Å². The van der Waals surface area contributed by atoms with Crippen molar-refractivity contribution in [1.29, 1.82) is 0 Å². The van der Waals surface area contributed by atoms with Crippen LogP contribution in [0.2, 0.25) is 10.0 Å². The molecule has 1 aliphatic rings. The van der Waals surface area contributed by atoms with Crippen LogP contribution in [-0.4, -0.2) is 27.7 Å². The fourth-order valence-corrected chi connectivity index (χ4v) is 2.01. The Hall–Kier alpha value is -1.59. The summed E-state index contributed by atoms with van der Waals surface area (Å²) in [6, 6.07) is 4.96. The van der Waals surface area contributed by atoms with Gasteiger partial charge in [0.25, 0.3) is 0 Å². The molecule has 0 saturated heterocycles. The van der Waals surface area contributed by atoms with Crippen molar-refractivity contribution in [2.24, 2.45) is 5.10 Å². The van der Waals surface area contributed by atoms with E-state index in [0.29, 0.717) is 10.0 Å². The van der Waals surface area contributed by atoms with Crippen molar-refractivity contribution >= 4 is 40.8 Å². The molecule has 1 amide bonds. The van der Waals surface area contributed by atoms with Gasteiger partial charge in [-0.15, -0.1) is 0 Å². The molecule has 1 aromatic rings. The lowest BCUT2D eigenvalue weighted by Gasteiger charge is -2.22. The Morgan fingerprint density at radius 3 is 2.68 bits per heavy atom. The third-order valence-electron chi connectivity index (χ3n) is 2.67. The van der Waals surface area contributed by atoms with Crippen LogP contribution >= 0.6 is 23.2 Å². The van der Waals surface area contributed by atoms with Crippen LogP contribution in [0.15, 0.2) is 23.3 Å². The molecule has 0 spiro atoms. The number of carbonyl (C=O) groups is 2. The fraction of sp³-hybridized carbons (Fsp3) is 0.250. The van der Waals surface area contributed by atoms with E-state index in [-0.39, 0.29) is 31.0 Å². The molecule has 7 heteroatoms. The Morgan fingerprint density at radius 2 is 2.05 bits per heavy atom. The van der Waals surface area contributed by atoms with Gasteiger partial charge in [0.2, 0.25) is 5.91 Å². The number of carboxylic acids is 1. The Kier molecular flexibility index (Phi) is 4.07. The Bertz CT molecular complexity index is 572. The molecular formula is C12H10Cl2N2O3. The monoisotopic (exact) mass is 300 g/mol. The molecule has 100 valence electrons. The van der Waals surface area contributed by atoms with Gasteiger partial charge in [0.1, 0.15) is 5.71 Å². The number of nitrogens with zero attached hydrogens (tertiary/aromatic N) is 2. The second kappa shape index (κ2) is 5.59. The van der Waals surface area contributed by atoms with Crippen molar-refractivity contribution in [3.63, 3.8) is 0 Å². The highest BCUT2D eigenvalue weighted by Gasteiger charge is 2.24. The Labute approximate surface area is 119 Å². The molecule has 1 aromatic carbocycles. The third kappa shape index (κ3) is 3.24. The van der Waals surface area contributed by atoms with Gasteiger partial charge in [-0.25, -0.2) is 9.80 Å². The lowest BCUT2D eigenvalue weighted by Crippen LogP contribution is -2.33. The number of benzene rings is 1. The minimum absolute atomic E-state index is 0.0142. The predicted molar refractivity (Wildman–Crippen MR) is 71.3 cm³/mol. The van der Waals surface area contributed by atoms with Gasteiger partial charge in [0, 0.05) is 12.8 Å². The van der Waals surface area contributed by atoms with Gasteiger partial charge < -0.3 is 5.11 Å². The summed E-state index contributed by atoms with van der Waals surface area (Å²) in [5, 5.41) is 14.7. The van der Waals surface area contributed by atoms with Crippen molar-refractivity contribution in [2.75, 3.05) is 0 Å². The molecule has 5 nitrogen and oxygen atoms in total. The summed E-state index contributed by atoms with van der Waals surface area (Å²) in [6.45, 7) is 0.173. The zero-order chi connectivity index (χ0) is 14.0. The van der Waals surface area contributed by atoms with Crippen molar-refractivity contribution < 1.29 is 14.7 Å². The van der Waals surface area contributed by atoms with E-state index in [1.165, 1.54) is 0 Å². The van der Waals surface area contributed by atoms with Gasteiger partial charge >= 0.3 is 5.97 Å². The van der Waals surface area contributed by atoms with E-state index in [0.717, 1.165) is 10.6 Å². The molecule has 2 rings (SSSR count). The van der Waals surface area contributed by atoms with Crippen LogP contribution in [0.25, 0.3) is 0 Å². The number of aliphatic carboxylic acids is 1. The molecule has 1 N–H and O–H groups in total. The topological polar surface area (TPSA) is 70.0 Å². The first kappa shape index (κ1) is 13.8. The van der Waals surface area contributed by atoms with Gasteiger partial charge in [-0.2, -0.15) is 5.10 Å². The SMILES string of the molecule is O=C(O)C1=NN(Cc2ccc(Cl)c(Cl)c2)C(=O)CC1. The zero-order valence-corrected chi connectivity index (χ0v) is 11.3. The summed E-state index contributed by atoms with van der Waals surface area (Å²) in [7, 11) is 0. The second-order valence-corrected chi connectivity index (χ2v) is 4.87. The number of carboxylic acid groups (broad SMARTS) is 1. The van der Waals surface area contributed by atoms with Crippen molar-refractivity contribution in [1.82, 2.24) is 5.01 Å². The number of hydrazone groups is 1. The molecule has 1 aliphatic heterocycles. The average Bonchev–Trinajstić information content (AvgIpc) is 2.36. The highest BCUT2D eigenvalue weighted by atomic mass is 35.5. The van der Waals surface area contributed by atoms with Crippen LogP contribution < -0.4 is 0 Å². The maximum absolute atomic E-state index is 11.7. The largest absolute Gasteiger partial charge is 0.477 e. The van der Waals surface area contributed by atoms with Gasteiger partial charge in [-0.3, -0.25) is 4.79 Å². The minimum atomic E-state index is -1.10. The molecule has 0 atom stereocenters. The average molecular weight is 301 g/mol. The first-order valence-corrected chi connectivity index (χ1v) is 6.28. The van der Waals surface area contributed by atoms with Crippen LogP contribution in [0.1, 0.15) is 18.4 Å². The lowest BCUT2D eigenvalue weighted by molar-refractivity contribution is -0.133. The van der Waals surface area contributed by atoms with Gasteiger partial charge in [-0.05, 0) is 17.7 Å². The van der Waals surface area contributed by atoms with E-state index in [2.05, 4.69) is 5.10 Å². The van der Waals surface area contributed by atoms with Crippen LogP contribution in [0.5, 0.6) is 0 Å². The summed E-state index contributed by atoms with van der Waals surface area (Å²) >= 11 is 11.7. The van der Waals surface area contributed by atoms with Gasteiger partial charge in [0.05, 0.1) is 16.6 Å². The summed E-state index contributed by atoms with van der Waals surface area (Å²) < 4.78 is 0. The lowest BCUT2D eigenvalue weighted by atomic mass is 10.1. The number of amides is 1. The first-order chi connectivity index (χ1) is 8.97. The van der Waals surface area contributed by atoms with Crippen LogP contribution in [0.3, 0.4) is 0 Å². The number of halogens is 2. The molecule has 0 saturated carbocycles. The molecule has 0 bridgehead atoms. The molecule has 0 radical (unpaired) electrons. The summed E-state index contributed by atoms with van der Waals surface area (Å²) in [6.07, 6.45) is 0.304. The highest BCUT2D eigenvalue weighted by molar-refractivity contribution is 6.42. The smallest absolute Gasteiger partial charge is 0.352 e. The second-order valence-electron chi connectivity index (χ2n) is 4.05. The maximum Gasteiger partial charge on any atom is 0.352 e. The number of hydrogen-bond donors (Lipinski definition) is 1. The minimum Gasteiger partial charge on any atom is -0.477 e. The number of rotatable bonds is 3. The van der Waals surface area contributed by atoms with Gasteiger partial charge in [-0.1, -0.05) is 29.3 Å². The molecule has 0 aromatic heterocycles. The maximum atomic E-state index is 11.7. The third-order valence-corrected chi connectivity index (χ3v) is 3.41. The first-order valence-electron chi connectivity index (χ1n) is 5.52. The molecule has 0 aliphatic carbocycles. The summed E-state index contributed by atoms with van der Waals surface area (Å²) in [4.78, 5) is 22.5. The number of carbonyl (C=O) groups excluding carboxylic acids is 1. The van der Waals surface area contributed by atoms with Crippen molar-refractivity contribution in [3.05, 3.63) is 33.8 Å². The van der Waals surface area contributed by atoms with E-state index < -0.39 is 5.97 Å². The highest BCUT2D eigenvalue weighted by Crippen LogP contribution is 2.24. The quantitative estimate of drug-likeness (QED) is 0.932. The van der Waals surface area contributed by atoms with E-state index in [1.54, 1.807) is 18.2 Å². The Balaban J connectivity index is 2.20. The van der Waals surface area contributed by atoms with Crippen molar-refractivity contribution in [2.45, 2.75) is 19.4 Å². The van der Waals surface area contributed by atoms with Crippen LogP contribution in [0.4, 0.5) is 0 Å². The molecule has 0 fully saturated rings. The molecule has 0 unspecified atom stereocenters. The van der Waals surface area contributed by atoms with E-state index in [4.69, 9.17) is 28.3 Å². The molecule has 1 heterocycles. The molecular weight excluding hydrogens is 291 g/mol. The normalized spacial score (nSPS) is 15.4. The van der Waals surface area contributed by atoms with Gasteiger partial charge in [0.15, 0.2) is 0 Å². The fourth-order valence-electron chi connectivity index (χ4n) is 1.69. The Morgan fingerprint density at radius 1 is 1.32 bits per heavy atom. The van der Waals surface area contributed by atoms with Crippen molar-refractivity contribution in [3.8, 4) is 0 Å². The van der Waals surface area contributed by atoms with E-state index in [9.17, 15) is 9.59 Å². The van der Waals surface area contributed by atoms with Crippen LogP contribution in [0, 0.1) is 0 Å². The summed E-state index contributed by atoms with van der Waals surface area (Å²) in [5.74, 6) is -1.32. The number of hydrogen-bond acceptors (Lipinski definition) is 3. The zero-order valence-electron chi connectivity index (χ0n) is 9.77. The standard InChI is InChI=1S/C12H10Cl2N2O3/c13-8-2-1-7(5-9(8)14)6-16-11(17)4-3-10(15-16)12(18)19/h1-2,5H,3-4,6H2,(H,18,19). The molecule has 19 heavy (non-hydrogen) atoms.